The van der Waals surface area contributed by atoms with E-state index in [1.54, 1.807) is 15.8 Å². The Kier molecular flexibility index (Phi) is 4.58. The molecule has 1 N–H and O–H groups in total. The number of anilines is 1. The average Bonchev–Trinajstić information content (AvgIpc) is 3.25. The Bertz CT molecular complexity index is 683. The van der Waals surface area contributed by atoms with Crippen molar-refractivity contribution in [3.05, 3.63) is 29.7 Å². The molecule has 0 aromatic carbocycles. The maximum Gasteiger partial charge on any atom is 0.414 e. The van der Waals surface area contributed by atoms with Crippen LogP contribution in [0, 0.1) is 5.92 Å². The maximum atomic E-state index is 12.6. The highest BCUT2D eigenvalue weighted by Crippen LogP contribution is 2.34. The molecule has 0 atom stereocenters. The van der Waals surface area contributed by atoms with Gasteiger partial charge in [0.15, 0.2) is 5.15 Å². The van der Waals surface area contributed by atoms with Gasteiger partial charge in [0.1, 0.15) is 11.3 Å². The van der Waals surface area contributed by atoms with Crippen LogP contribution in [0.2, 0.25) is 5.15 Å². The standard InChI is InChI=1S/C17H23ClN4O2/c1-17(2,3)24-16(23)21(10-12-6-7-12)14-11-22(20-15(14)18)13-5-4-8-19-9-13/h4-5,8,11-12,19H,6-7,9-10H2,1-3H3. The molecule has 0 radical (unpaired) electrons. The molecule has 24 heavy (non-hydrogen) atoms. The van der Waals surface area contributed by atoms with Gasteiger partial charge < -0.3 is 10.1 Å². The van der Waals surface area contributed by atoms with Crippen molar-refractivity contribution in [1.82, 2.24) is 15.1 Å². The van der Waals surface area contributed by atoms with E-state index in [2.05, 4.69) is 10.4 Å². The SMILES string of the molecule is CC(C)(C)OC(=O)N(CC1CC1)c1cn(C2=CC=CNC2)nc1Cl. The molecule has 0 unspecified atom stereocenters. The van der Waals surface area contributed by atoms with E-state index < -0.39 is 5.60 Å². The average molecular weight is 351 g/mol. The second-order valence-corrected chi connectivity index (χ2v) is 7.54. The lowest BCUT2D eigenvalue weighted by atomic mass is 10.2. The highest BCUT2D eigenvalue weighted by atomic mass is 35.5. The Morgan fingerprint density at radius 1 is 1.50 bits per heavy atom. The molecule has 1 aromatic rings. The number of hydrogen-bond donors (Lipinski definition) is 1. The van der Waals surface area contributed by atoms with Gasteiger partial charge in [0.05, 0.1) is 18.4 Å². The first-order valence-electron chi connectivity index (χ1n) is 8.18. The normalized spacial score (nSPS) is 17.2. The van der Waals surface area contributed by atoms with Gasteiger partial charge >= 0.3 is 6.09 Å². The first-order valence-corrected chi connectivity index (χ1v) is 8.56. The summed E-state index contributed by atoms with van der Waals surface area (Å²) in [6.45, 7) is 6.84. The van der Waals surface area contributed by atoms with Gasteiger partial charge in [-0.1, -0.05) is 11.6 Å². The Morgan fingerprint density at radius 2 is 2.25 bits per heavy atom. The van der Waals surface area contributed by atoms with Crippen LogP contribution in [0.5, 0.6) is 0 Å². The van der Waals surface area contributed by atoms with E-state index in [-0.39, 0.29) is 6.09 Å². The van der Waals surface area contributed by atoms with E-state index in [1.165, 1.54) is 0 Å². The van der Waals surface area contributed by atoms with Gasteiger partial charge in [0, 0.05) is 6.54 Å². The van der Waals surface area contributed by atoms with Crippen molar-refractivity contribution in [1.29, 1.82) is 0 Å². The summed E-state index contributed by atoms with van der Waals surface area (Å²) in [5.41, 5.74) is 0.997. The van der Waals surface area contributed by atoms with Crippen molar-refractivity contribution >= 4 is 29.1 Å². The number of nitrogens with zero attached hydrogens (tertiary/aromatic N) is 3. The second kappa shape index (κ2) is 6.51. The minimum Gasteiger partial charge on any atom is -0.443 e. The van der Waals surface area contributed by atoms with Gasteiger partial charge in [-0.05, 0) is 57.9 Å². The topological polar surface area (TPSA) is 59.4 Å². The summed E-state index contributed by atoms with van der Waals surface area (Å²) >= 11 is 6.33. The lowest BCUT2D eigenvalue weighted by Gasteiger charge is -2.26. The maximum absolute atomic E-state index is 12.6. The van der Waals surface area contributed by atoms with Crippen LogP contribution in [0.3, 0.4) is 0 Å². The molecule has 1 amide bonds. The van der Waals surface area contributed by atoms with Crippen LogP contribution >= 0.6 is 11.6 Å². The zero-order valence-corrected chi connectivity index (χ0v) is 15.0. The number of aromatic nitrogens is 2. The third kappa shape index (κ3) is 4.12. The molecule has 0 saturated heterocycles. The molecule has 7 heteroatoms. The van der Waals surface area contributed by atoms with Crippen molar-refractivity contribution in [2.24, 2.45) is 5.92 Å². The van der Waals surface area contributed by atoms with Crippen molar-refractivity contribution in [3.63, 3.8) is 0 Å². The van der Waals surface area contributed by atoms with E-state index in [0.717, 1.165) is 18.5 Å². The third-order valence-electron chi connectivity index (χ3n) is 3.77. The molecule has 3 rings (SSSR count). The minimum absolute atomic E-state index is 0.303. The molecular formula is C17H23ClN4O2. The molecule has 6 nitrogen and oxygen atoms in total. The summed E-state index contributed by atoms with van der Waals surface area (Å²) in [5.74, 6) is 0.510. The first-order chi connectivity index (χ1) is 11.3. The summed E-state index contributed by atoms with van der Waals surface area (Å²) in [6, 6.07) is 0. The van der Waals surface area contributed by atoms with E-state index in [4.69, 9.17) is 16.3 Å². The van der Waals surface area contributed by atoms with E-state index in [0.29, 0.717) is 29.8 Å². The largest absolute Gasteiger partial charge is 0.443 e. The van der Waals surface area contributed by atoms with E-state index in [1.807, 2.05) is 39.1 Å². The van der Waals surface area contributed by atoms with Crippen LogP contribution in [0.4, 0.5) is 10.5 Å². The summed E-state index contributed by atoms with van der Waals surface area (Å²) in [4.78, 5) is 14.2. The predicted molar refractivity (Wildman–Crippen MR) is 95.0 cm³/mol. The number of dihydropyridines is 1. The van der Waals surface area contributed by atoms with Crippen molar-refractivity contribution in [2.45, 2.75) is 39.2 Å². The minimum atomic E-state index is -0.554. The highest BCUT2D eigenvalue weighted by molar-refractivity contribution is 6.32. The number of rotatable bonds is 4. The Balaban J connectivity index is 1.86. The number of carbonyl (C=O) groups is 1. The summed E-state index contributed by atoms with van der Waals surface area (Å²) in [7, 11) is 0. The molecule has 0 bridgehead atoms. The number of carbonyl (C=O) groups excluding carboxylic acids is 1. The van der Waals surface area contributed by atoms with Gasteiger partial charge in [0.2, 0.25) is 0 Å². The molecule has 0 spiro atoms. The number of hydrogen-bond acceptors (Lipinski definition) is 4. The Labute approximate surface area is 147 Å². The fourth-order valence-electron chi connectivity index (χ4n) is 2.43. The fourth-order valence-corrected chi connectivity index (χ4v) is 2.66. The molecule has 130 valence electrons. The number of nitrogens with one attached hydrogen (secondary N) is 1. The van der Waals surface area contributed by atoms with Gasteiger partial charge in [0.25, 0.3) is 0 Å². The van der Waals surface area contributed by atoms with Gasteiger partial charge in [-0.2, -0.15) is 5.10 Å². The van der Waals surface area contributed by atoms with Crippen LogP contribution in [-0.4, -0.2) is 34.6 Å². The molecular weight excluding hydrogens is 328 g/mol. The molecule has 1 aliphatic carbocycles. The van der Waals surface area contributed by atoms with Crippen molar-refractivity contribution in [2.75, 3.05) is 18.0 Å². The van der Waals surface area contributed by atoms with Gasteiger partial charge in [-0.3, -0.25) is 4.90 Å². The smallest absolute Gasteiger partial charge is 0.414 e. The molecule has 2 heterocycles. The number of amides is 1. The fraction of sp³-hybridized carbons (Fsp3) is 0.529. The van der Waals surface area contributed by atoms with Gasteiger partial charge in [-0.15, -0.1) is 0 Å². The second-order valence-electron chi connectivity index (χ2n) is 7.18. The van der Waals surface area contributed by atoms with Crippen molar-refractivity contribution in [3.8, 4) is 0 Å². The molecule has 1 fully saturated rings. The lowest BCUT2D eigenvalue weighted by molar-refractivity contribution is 0.0578. The summed E-state index contributed by atoms with van der Waals surface area (Å²) in [5, 5.41) is 7.78. The molecule has 1 aromatic heterocycles. The monoisotopic (exact) mass is 350 g/mol. The van der Waals surface area contributed by atoms with Gasteiger partial charge in [-0.25, -0.2) is 9.48 Å². The molecule has 2 aliphatic rings. The zero-order chi connectivity index (χ0) is 17.3. The van der Waals surface area contributed by atoms with Crippen LogP contribution in [-0.2, 0) is 4.74 Å². The van der Waals surface area contributed by atoms with Crippen LogP contribution in [0.1, 0.15) is 33.6 Å². The number of ether oxygens (including phenoxy) is 1. The van der Waals surface area contributed by atoms with Crippen molar-refractivity contribution < 1.29 is 9.53 Å². The van der Waals surface area contributed by atoms with Crippen LogP contribution < -0.4 is 10.2 Å². The lowest BCUT2D eigenvalue weighted by Crippen LogP contribution is -2.38. The third-order valence-corrected chi connectivity index (χ3v) is 4.04. The van der Waals surface area contributed by atoms with E-state index in [9.17, 15) is 4.79 Å². The highest BCUT2D eigenvalue weighted by Gasteiger charge is 2.32. The molecule has 1 aliphatic heterocycles. The van der Waals surface area contributed by atoms with Crippen LogP contribution in [0.15, 0.2) is 24.5 Å². The predicted octanol–water partition coefficient (Wildman–Crippen LogP) is 3.65. The van der Waals surface area contributed by atoms with E-state index >= 15 is 0 Å². The summed E-state index contributed by atoms with van der Waals surface area (Å²) in [6.07, 6.45) is 9.41. The quantitative estimate of drug-likeness (QED) is 0.900. The Hall–Kier alpha value is -1.95. The zero-order valence-electron chi connectivity index (χ0n) is 14.3. The van der Waals surface area contributed by atoms with Crippen LogP contribution in [0.25, 0.3) is 5.70 Å². The first kappa shape index (κ1) is 16.9. The summed E-state index contributed by atoms with van der Waals surface area (Å²) < 4.78 is 7.25. The molecule has 1 saturated carbocycles. The Morgan fingerprint density at radius 3 is 2.83 bits per heavy atom. The number of allylic oxidation sites excluding steroid dienone is 2. The number of halogens is 1.